The first-order valence-corrected chi connectivity index (χ1v) is 5.07. The Hall–Kier alpha value is -1.76. The van der Waals surface area contributed by atoms with Crippen LogP contribution in [0, 0.1) is 19.9 Å². The molecule has 0 aliphatic heterocycles. The molecule has 0 heterocycles. The molecular weight excluding hydrogens is 182 g/mol. The zero-order valence-corrected chi connectivity index (χ0v) is 9.04. The fraction of sp³-hybridized carbons (Fsp3) is 0.143. The monoisotopic (exact) mass is 196 g/mol. The van der Waals surface area contributed by atoms with E-state index in [0.29, 0.717) is 0 Å². The van der Waals surface area contributed by atoms with E-state index in [-0.39, 0.29) is 0 Å². The Bertz CT molecular complexity index is 426. The van der Waals surface area contributed by atoms with Crippen molar-refractivity contribution in [1.82, 2.24) is 0 Å². The van der Waals surface area contributed by atoms with Gasteiger partial charge in [-0.1, -0.05) is 18.2 Å². The molecule has 0 saturated carbocycles. The molecule has 15 heavy (non-hydrogen) atoms. The van der Waals surface area contributed by atoms with Crippen LogP contribution in [0.4, 0.5) is 11.4 Å². The van der Waals surface area contributed by atoms with Crippen LogP contribution in [-0.2, 0) is 0 Å². The van der Waals surface area contributed by atoms with Crippen molar-refractivity contribution >= 4 is 11.4 Å². The highest BCUT2D eigenvalue weighted by molar-refractivity contribution is 5.60. The number of hydrogen-bond acceptors (Lipinski definition) is 1. The molecule has 1 heteroatoms. The average molecular weight is 196 g/mol. The first kappa shape index (κ1) is 9.78. The van der Waals surface area contributed by atoms with Crippen LogP contribution in [0.25, 0.3) is 0 Å². The molecule has 0 aliphatic rings. The van der Waals surface area contributed by atoms with Gasteiger partial charge in [0.25, 0.3) is 0 Å². The van der Waals surface area contributed by atoms with Gasteiger partial charge in [0.05, 0.1) is 0 Å². The Kier molecular flexibility index (Phi) is 2.72. The van der Waals surface area contributed by atoms with Crippen molar-refractivity contribution in [3.63, 3.8) is 0 Å². The molecule has 0 fully saturated rings. The highest BCUT2D eigenvalue weighted by Crippen LogP contribution is 2.18. The van der Waals surface area contributed by atoms with E-state index in [0.717, 1.165) is 22.5 Å². The number of rotatable bonds is 2. The third-order valence-electron chi connectivity index (χ3n) is 2.20. The van der Waals surface area contributed by atoms with Gasteiger partial charge in [-0.2, -0.15) is 0 Å². The van der Waals surface area contributed by atoms with E-state index in [1.165, 1.54) is 0 Å². The standard InChI is InChI=1S/C14H14N/c1-11-8-12(2)10-14(9-11)15-13-6-4-3-5-7-13/h3-7,9-10,15H,1-2H3. The second-order valence-corrected chi connectivity index (χ2v) is 3.73. The summed E-state index contributed by atoms with van der Waals surface area (Å²) in [6.07, 6.45) is 0. The maximum atomic E-state index is 3.37. The van der Waals surface area contributed by atoms with E-state index in [1.807, 2.05) is 18.2 Å². The normalized spacial score (nSPS) is 10.0. The van der Waals surface area contributed by atoms with E-state index < -0.39 is 0 Å². The predicted molar refractivity (Wildman–Crippen MR) is 64.5 cm³/mol. The summed E-state index contributed by atoms with van der Waals surface area (Å²) in [6, 6.07) is 17.6. The molecule has 0 atom stereocenters. The second-order valence-electron chi connectivity index (χ2n) is 3.73. The number of aryl methyl sites for hydroxylation is 2. The van der Waals surface area contributed by atoms with Crippen LogP contribution in [0.1, 0.15) is 11.1 Å². The minimum Gasteiger partial charge on any atom is -0.356 e. The van der Waals surface area contributed by atoms with Gasteiger partial charge >= 0.3 is 0 Å². The quantitative estimate of drug-likeness (QED) is 0.769. The molecule has 0 saturated heterocycles. The van der Waals surface area contributed by atoms with E-state index >= 15 is 0 Å². The summed E-state index contributed by atoms with van der Waals surface area (Å²) in [5.74, 6) is 0. The van der Waals surface area contributed by atoms with Crippen LogP contribution in [0.15, 0.2) is 42.5 Å². The lowest BCUT2D eigenvalue weighted by Gasteiger charge is -2.07. The summed E-state index contributed by atoms with van der Waals surface area (Å²) in [6.45, 7) is 4.12. The zero-order chi connectivity index (χ0) is 10.7. The average Bonchev–Trinajstić information content (AvgIpc) is 2.17. The Morgan fingerprint density at radius 3 is 2.07 bits per heavy atom. The first-order valence-electron chi connectivity index (χ1n) is 5.07. The van der Waals surface area contributed by atoms with Crippen molar-refractivity contribution in [3.8, 4) is 0 Å². The Labute approximate surface area is 90.8 Å². The lowest BCUT2D eigenvalue weighted by molar-refractivity contribution is 1.36. The van der Waals surface area contributed by atoms with Crippen molar-refractivity contribution in [2.24, 2.45) is 0 Å². The number of benzene rings is 2. The summed E-state index contributed by atoms with van der Waals surface area (Å²) in [7, 11) is 0. The van der Waals surface area contributed by atoms with E-state index in [1.54, 1.807) is 0 Å². The summed E-state index contributed by atoms with van der Waals surface area (Å²) < 4.78 is 0. The Morgan fingerprint density at radius 2 is 1.47 bits per heavy atom. The first-order chi connectivity index (χ1) is 7.24. The van der Waals surface area contributed by atoms with Crippen LogP contribution < -0.4 is 5.32 Å². The van der Waals surface area contributed by atoms with E-state index in [4.69, 9.17) is 0 Å². The van der Waals surface area contributed by atoms with Crippen LogP contribution in [-0.4, -0.2) is 0 Å². The second kappa shape index (κ2) is 4.18. The minimum absolute atomic E-state index is 1.11. The van der Waals surface area contributed by atoms with Gasteiger partial charge in [0.1, 0.15) is 0 Å². The van der Waals surface area contributed by atoms with Crippen molar-refractivity contribution < 1.29 is 0 Å². The molecule has 0 aromatic heterocycles. The SMILES string of the molecule is Cc1[c]c(C)cc(Nc2ccccc2)c1. The van der Waals surface area contributed by atoms with Gasteiger partial charge in [-0.15, -0.1) is 0 Å². The van der Waals surface area contributed by atoms with E-state index in [9.17, 15) is 0 Å². The summed E-state index contributed by atoms with van der Waals surface area (Å²) in [5.41, 5.74) is 4.55. The topological polar surface area (TPSA) is 12.0 Å². The molecule has 1 nitrogen and oxygen atoms in total. The van der Waals surface area contributed by atoms with Crippen LogP contribution in [0.3, 0.4) is 0 Å². The minimum atomic E-state index is 1.11. The summed E-state index contributed by atoms with van der Waals surface area (Å²) in [5, 5.41) is 3.37. The molecule has 2 aromatic rings. The summed E-state index contributed by atoms with van der Waals surface area (Å²) in [4.78, 5) is 0. The molecule has 1 radical (unpaired) electrons. The van der Waals surface area contributed by atoms with Gasteiger partial charge in [0.15, 0.2) is 0 Å². The van der Waals surface area contributed by atoms with Crippen molar-refractivity contribution in [3.05, 3.63) is 59.7 Å². The van der Waals surface area contributed by atoms with Crippen LogP contribution >= 0.6 is 0 Å². The number of anilines is 2. The third kappa shape index (κ3) is 2.59. The molecule has 2 aromatic carbocycles. The highest BCUT2D eigenvalue weighted by Gasteiger charge is 1.96. The van der Waals surface area contributed by atoms with Gasteiger partial charge in [0, 0.05) is 11.4 Å². The molecule has 75 valence electrons. The van der Waals surface area contributed by atoms with Crippen LogP contribution in [0.2, 0.25) is 0 Å². The Morgan fingerprint density at radius 1 is 0.867 bits per heavy atom. The number of hydrogen-bond donors (Lipinski definition) is 1. The molecule has 1 N–H and O–H groups in total. The fourth-order valence-electron chi connectivity index (χ4n) is 1.65. The lowest BCUT2D eigenvalue weighted by Crippen LogP contribution is -1.91. The largest absolute Gasteiger partial charge is 0.356 e. The highest BCUT2D eigenvalue weighted by atomic mass is 14.9. The summed E-state index contributed by atoms with van der Waals surface area (Å²) >= 11 is 0. The number of nitrogens with one attached hydrogen (secondary N) is 1. The van der Waals surface area contributed by atoms with Crippen molar-refractivity contribution in [2.45, 2.75) is 13.8 Å². The number of para-hydroxylation sites is 1. The predicted octanol–water partition coefficient (Wildman–Crippen LogP) is 3.85. The van der Waals surface area contributed by atoms with E-state index in [2.05, 4.69) is 49.5 Å². The van der Waals surface area contributed by atoms with Gasteiger partial charge in [-0.25, -0.2) is 0 Å². The van der Waals surface area contributed by atoms with Crippen LogP contribution in [0.5, 0.6) is 0 Å². The Balaban J connectivity index is 2.25. The molecule has 0 spiro atoms. The molecule has 2 rings (SSSR count). The maximum Gasteiger partial charge on any atom is 0.0389 e. The fourth-order valence-corrected chi connectivity index (χ4v) is 1.65. The molecule has 0 unspecified atom stereocenters. The molecular formula is C14H14N. The maximum absolute atomic E-state index is 3.37. The van der Waals surface area contributed by atoms with Gasteiger partial charge in [0.2, 0.25) is 0 Å². The van der Waals surface area contributed by atoms with Crippen molar-refractivity contribution in [2.75, 3.05) is 5.32 Å². The van der Waals surface area contributed by atoms with Crippen molar-refractivity contribution in [1.29, 1.82) is 0 Å². The smallest absolute Gasteiger partial charge is 0.0389 e. The molecule has 0 bridgehead atoms. The zero-order valence-electron chi connectivity index (χ0n) is 9.04. The molecule has 0 aliphatic carbocycles. The molecule has 0 amide bonds. The lowest BCUT2D eigenvalue weighted by atomic mass is 10.1. The van der Waals surface area contributed by atoms with Gasteiger partial charge < -0.3 is 5.32 Å². The van der Waals surface area contributed by atoms with Gasteiger partial charge in [-0.05, 0) is 55.3 Å². The van der Waals surface area contributed by atoms with Gasteiger partial charge in [-0.3, -0.25) is 0 Å². The third-order valence-corrected chi connectivity index (χ3v) is 2.20.